The molecule has 0 atom stereocenters. The van der Waals surface area contributed by atoms with Crippen LogP contribution in [0.3, 0.4) is 0 Å². The van der Waals surface area contributed by atoms with Crippen molar-refractivity contribution in [1.82, 2.24) is 14.9 Å². The third kappa shape index (κ3) is 2.86. The Kier molecular flexibility index (Phi) is 4.15. The number of aryl methyl sites for hydroxylation is 1. The van der Waals surface area contributed by atoms with E-state index in [0.717, 1.165) is 45.3 Å². The Hall–Kier alpha value is -2.43. The van der Waals surface area contributed by atoms with Gasteiger partial charge in [0.15, 0.2) is 0 Å². The standard InChI is InChI=1S/C19H22N4O/c24-18(22-10-4-1-5-11-22)16-13-20-19(21-14-16)23-12-6-8-15-7-2-3-9-17(15)23/h2-3,7,9,13-14H,1,4-6,8,10-12H2. The number of carbonyl (C=O) groups excluding carboxylic acids is 1. The molecular weight excluding hydrogens is 300 g/mol. The van der Waals surface area contributed by atoms with Crippen LogP contribution in [0, 0.1) is 0 Å². The van der Waals surface area contributed by atoms with E-state index in [4.69, 9.17) is 0 Å². The molecule has 2 aliphatic rings. The Morgan fingerprint density at radius 1 is 0.917 bits per heavy atom. The average molecular weight is 322 g/mol. The number of benzene rings is 1. The zero-order chi connectivity index (χ0) is 16.4. The summed E-state index contributed by atoms with van der Waals surface area (Å²) < 4.78 is 0. The third-order valence-corrected chi connectivity index (χ3v) is 4.88. The van der Waals surface area contributed by atoms with Crippen LogP contribution in [0.25, 0.3) is 0 Å². The van der Waals surface area contributed by atoms with Crippen LogP contribution in [0.15, 0.2) is 36.7 Å². The second kappa shape index (κ2) is 6.59. The molecule has 0 saturated carbocycles. The fraction of sp³-hybridized carbons (Fsp3) is 0.421. The number of likely N-dealkylation sites (tertiary alicyclic amines) is 1. The minimum atomic E-state index is 0.0558. The number of hydrogen-bond donors (Lipinski definition) is 0. The van der Waals surface area contributed by atoms with Crippen LogP contribution < -0.4 is 4.90 Å². The van der Waals surface area contributed by atoms with Gasteiger partial charge in [0, 0.05) is 37.7 Å². The van der Waals surface area contributed by atoms with Crippen LogP contribution in [0.1, 0.15) is 41.6 Å². The molecule has 1 saturated heterocycles. The third-order valence-electron chi connectivity index (χ3n) is 4.88. The van der Waals surface area contributed by atoms with Crippen molar-refractivity contribution in [2.75, 3.05) is 24.5 Å². The Bertz CT molecular complexity index is 722. The van der Waals surface area contributed by atoms with E-state index in [-0.39, 0.29) is 5.91 Å². The van der Waals surface area contributed by atoms with Gasteiger partial charge in [-0.15, -0.1) is 0 Å². The Morgan fingerprint density at radius 2 is 1.67 bits per heavy atom. The van der Waals surface area contributed by atoms with E-state index in [1.54, 1.807) is 12.4 Å². The molecule has 0 aliphatic carbocycles. The molecule has 1 aromatic carbocycles. The average Bonchev–Trinajstić information content (AvgIpc) is 2.68. The van der Waals surface area contributed by atoms with Gasteiger partial charge >= 0.3 is 0 Å². The largest absolute Gasteiger partial charge is 0.339 e. The number of nitrogens with zero attached hydrogens (tertiary/aromatic N) is 4. The second-order valence-electron chi connectivity index (χ2n) is 6.51. The van der Waals surface area contributed by atoms with Gasteiger partial charge in [0.25, 0.3) is 5.91 Å². The molecule has 24 heavy (non-hydrogen) atoms. The summed E-state index contributed by atoms with van der Waals surface area (Å²) in [5.41, 5.74) is 3.10. The summed E-state index contributed by atoms with van der Waals surface area (Å²) >= 11 is 0. The quantitative estimate of drug-likeness (QED) is 0.852. The van der Waals surface area contributed by atoms with E-state index in [9.17, 15) is 4.79 Å². The van der Waals surface area contributed by atoms with Gasteiger partial charge in [0.05, 0.1) is 5.56 Å². The number of hydrogen-bond acceptors (Lipinski definition) is 4. The second-order valence-corrected chi connectivity index (χ2v) is 6.51. The maximum Gasteiger partial charge on any atom is 0.256 e. The van der Waals surface area contributed by atoms with Crippen LogP contribution in [-0.4, -0.2) is 40.4 Å². The van der Waals surface area contributed by atoms with E-state index in [0.29, 0.717) is 11.5 Å². The van der Waals surface area contributed by atoms with Gasteiger partial charge in [-0.25, -0.2) is 9.97 Å². The molecule has 1 amide bonds. The molecular formula is C19H22N4O. The first-order valence-corrected chi connectivity index (χ1v) is 8.80. The molecule has 5 heteroatoms. The summed E-state index contributed by atoms with van der Waals surface area (Å²) in [4.78, 5) is 25.5. The van der Waals surface area contributed by atoms with E-state index >= 15 is 0 Å². The Morgan fingerprint density at radius 3 is 2.46 bits per heavy atom. The first-order valence-electron chi connectivity index (χ1n) is 8.80. The van der Waals surface area contributed by atoms with Gasteiger partial charge in [-0.05, 0) is 43.7 Å². The lowest BCUT2D eigenvalue weighted by Crippen LogP contribution is -2.35. The topological polar surface area (TPSA) is 49.3 Å². The molecule has 1 aromatic heterocycles. The zero-order valence-electron chi connectivity index (χ0n) is 13.8. The van der Waals surface area contributed by atoms with E-state index in [1.165, 1.54) is 17.7 Å². The van der Waals surface area contributed by atoms with Gasteiger partial charge in [0.2, 0.25) is 5.95 Å². The first-order chi connectivity index (χ1) is 11.8. The fourth-order valence-corrected chi connectivity index (χ4v) is 3.59. The molecule has 0 unspecified atom stereocenters. The highest BCUT2D eigenvalue weighted by atomic mass is 16.2. The molecule has 4 rings (SSSR count). The summed E-state index contributed by atoms with van der Waals surface area (Å²) in [6.07, 6.45) is 8.94. The molecule has 5 nitrogen and oxygen atoms in total. The predicted molar refractivity (Wildman–Crippen MR) is 93.6 cm³/mol. The number of aromatic nitrogens is 2. The van der Waals surface area contributed by atoms with Gasteiger partial charge < -0.3 is 9.80 Å². The van der Waals surface area contributed by atoms with Gasteiger partial charge in [-0.1, -0.05) is 18.2 Å². The SMILES string of the molecule is O=C(c1cnc(N2CCCc3ccccc32)nc1)N1CCCCC1. The summed E-state index contributed by atoms with van der Waals surface area (Å²) in [7, 11) is 0. The molecule has 0 spiro atoms. The van der Waals surface area contributed by atoms with Crippen LogP contribution >= 0.6 is 0 Å². The molecule has 0 N–H and O–H groups in total. The summed E-state index contributed by atoms with van der Waals surface area (Å²) in [5.74, 6) is 0.734. The lowest BCUT2D eigenvalue weighted by Gasteiger charge is -2.29. The van der Waals surface area contributed by atoms with Crippen molar-refractivity contribution in [2.24, 2.45) is 0 Å². The number of carbonyl (C=O) groups is 1. The van der Waals surface area contributed by atoms with E-state index in [1.807, 2.05) is 11.0 Å². The maximum atomic E-state index is 12.5. The van der Waals surface area contributed by atoms with Crippen molar-refractivity contribution in [3.05, 3.63) is 47.8 Å². The number of piperidine rings is 1. The molecule has 0 radical (unpaired) electrons. The summed E-state index contributed by atoms with van der Waals surface area (Å²) in [6, 6.07) is 8.40. The fourth-order valence-electron chi connectivity index (χ4n) is 3.59. The molecule has 0 bridgehead atoms. The van der Waals surface area contributed by atoms with Gasteiger partial charge in [-0.3, -0.25) is 4.79 Å². The van der Waals surface area contributed by atoms with Crippen molar-refractivity contribution in [3.8, 4) is 0 Å². The Labute approximate surface area is 142 Å². The van der Waals surface area contributed by atoms with Crippen LogP contribution in [0.2, 0.25) is 0 Å². The molecule has 2 aliphatic heterocycles. The normalized spacial score (nSPS) is 17.5. The van der Waals surface area contributed by atoms with Gasteiger partial charge in [0.1, 0.15) is 0 Å². The lowest BCUT2D eigenvalue weighted by molar-refractivity contribution is 0.0723. The highest BCUT2D eigenvalue weighted by Crippen LogP contribution is 2.31. The van der Waals surface area contributed by atoms with Crippen molar-refractivity contribution < 1.29 is 4.79 Å². The number of rotatable bonds is 2. The molecule has 124 valence electrons. The van der Waals surface area contributed by atoms with Gasteiger partial charge in [-0.2, -0.15) is 0 Å². The van der Waals surface area contributed by atoms with Crippen molar-refractivity contribution in [2.45, 2.75) is 32.1 Å². The minimum Gasteiger partial charge on any atom is -0.339 e. The monoisotopic (exact) mass is 322 g/mol. The maximum absolute atomic E-state index is 12.5. The number of amides is 1. The van der Waals surface area contributed by atoms with Crippen molar-refractivity contribution in [1.29, 1.82) is 0 Å². The first kappa shape index (κ1) is 15.1. The number of fused-ring (bicyclic) bond motifs is 1. The van der Waals surface area contributed by atoms with Crippen LogP contribution in [-0.2, 0) is 6.42 Å². The highest BCUT2D eigenvalue weighted by Gasteiger charge is 2.22. The lowest BCUT2D eigenvalue weighted by atomic mass is 10.0. The minimum absolute atomic E-state index is 0.0558. The number of anilines is 2. The molecule has 2 aromatic rings. The summed E-state index contributed by atoms with van der Waals surface area (Å²) in [6.45, 7) is 2.61. The van der Waals surface area contributed by atoms with Crippen LogP contribution in [0.4, 0.5) is 11.6 Å². The van der Waals surface area contributed by atoms with Crippen molar-refractivity contribution >= 4 is 17.5 Å². The molecule has 1 fully saturated rings. The highest BCUT2D eigenvalue weighted by molar-refractivity contribution is 5.93. The molecule has 3 heterocycles. The van der Waals surface area contributed by atoms with E-state index < -0.39 is 0 Å². The predicted octanol–water partition coefficient (Wildman–Crippen LogP) is 3.19. The van der Waals surface area contributed by atoms with E-state index in [2.05, 4.69) is 33.1 Å². The smallest absolute Gasteiger partial charge is 0.256 e. The zero-order valence-corrected chi connectivity index (χ0v) is 13.8. The summed E-state index contributed by atoms with van der Waals surface area (Å²) in [5, 5.41) is 0. The van der Waals surface area contributed by atoms with Crippen molar-refractivity contribution in [3.63, 3.8) is 0 Å². The Balaban J connectivity index is 1.55. The number of para-hydroxylation sites is 1. The van der Waals surface area contributed by atoms with Crippen LogP contribution in [0.5, 0.6) is 0 Å².